The highest BCUT2D eigenvalue weighted by Crippen LogP contribution is 2.26. The molecule has 3 heterocycles. The fourth-order valence-corrected chi connectivity index (χ4v) is 4.72. The van der Waals surface area contributed by atoms with E-state index in [0.717, 1.165) is 36.0 Å². The van der Waals surface area contributed by atoms with Crippen LogP contribution in [0.3, 0.4) is 0 Å². The van der Waals surface area contributed by atoms with Crippen LogP contribution in [0.2, 0.25) is 5.02 Å². The van der Waals surface area contributed by atoms with Crippen molar-refractivity contribution in [2.45, 2.75) is 6.54 Å². The first kappa shape index (κ1) is 18.4. The maximum absolute atomic E-state index is 12.4. The fraction of sp³-hybridized carbons (Fsp3) is 0.263. The summed E-state index contributed by atoms with van der Waals surface area (Å²) >= 11 is 9.34. The summed E-state index contributed by atoms with van der Waals surface area (Å²) in [5.74, 6) is 0. The number of hydrogen-bond donors (Lipinski definition) is 1. The molecule has 1 N–H and O–H groups in total. The van der Waals surface area contributed by atoms with Crippen LogP contribution in [-0.2, 0) is 6.54 Å². The zero-order valence-corrected chi connectivity index (χ0v) is 17.0. The largest absolute Gasteiger partial charge is 0.322 e. The Balaban J connectivity index is 1.28. The van der Waals surface area contributed by atoms with E-state index in [-0.39, 0.29) is 6.03 Å². The molecule has 2 aromatic heterocycles. The minimum Gasteiger partial charge on any atom is -0.322 e. The van der Waals surface area contributed by atoms with Crippen LogP contribution in [0.5, 0.6) is 0 Å². The van der Waals surface area contributed by atoms with Crippen LogP contribution in [0.15, 0.2) is 46.5 Å². The molecular formula is C19H19ClN4OS2. The van der Waals surface area contributed by atoms with Gasteiger partial charge in [-0.1, -0.05) is 17.7 Å². The summed E-state index contributed by atoms with van der Waals surface area (Å²) in [7, 11) is 0. The molecule has 0 atom stereocenters. The second-order valence-electron chi connectivity index (χ2n) is 6.36. The summed E-state index contributed by atoms with van der Waals surface area (Å²) in [5.41, 5.74) is 3.01. The van der Waals surface area contributed by atoms with E-state index in [9.17, 15) is 4.79 Å². The van der Waals surface area contributed by atoms with Crippen molar-refractivity contribution in [2.24, 2.45) is 0 Å². The number of rotatable bonds is 4. The molecule has 0 aliphatic carbocycles. The van der Waals surface area contributed by atoms with Crippen molar-refractivity contribution < 1.29 is 4.79 Å². The van der Waals surface area contributed by atoms with Gasteiger partial charge in [-0.25, -0.2) is 9.78 Å². The lowest BCUT2D eigenvalue weighted by Crippen LogP contribution is -2.49. The lowest BCUT2D eigenvalue weighted by molar-refractivity contribution is 0.142. The van der Waals surface area contributed by atoms with E-state index >= 15 is 0 Å². The number of nitrogens with zero attached hydrogens (tertiary/aromatic N) is 3. The van der Waals surface area contributed by atoms with Crippen molar-refractivity contribution in [3.05, 3.63) is 57.2 Å². The molecule has 1 aromatic carbocycles. The number of carbonyl (C=O) groups excluding carboxylic acids is 1. The second-order valence-corrected chi connectivity index (χ2v) is 8.43. The molecule has 140 valence electrons. The topological polar surface area (TPSA) is 48.5 Å². The number of anilines is 1. The molecule has 0 spiro atoms. The summed E-state index contributed by atoms with van der Waals surface area (Å²) < 4.78 is 0. The molecule has 1 aliphatic rings. The Kier molecular flexibility index (Phi) is 5.73. The molecule has 2 amide bonds. The summed E-state index contributed by atoms with van der Waals surface area (Å²) in [5, 5.41) is 10.9. The molecule has 0 saturated carbocycles. The van der Waals surface area contributed by atoms with Crippen LogP contribution in [0.1, 0.15) is 5.69 Å². The number of halogens is 1. The van der Waals surface area contributed by atoms with Crippen molar-refractivity contribution >= 4 is 46.0 Å². The summed E-state index contributed by atoms with van der Waals surface area (Å²) in [6.07, 6.45) is 0. The third-order valence-corrected chi connectivity index (χ3v) is 6.30. The van der Waals surface area contributed by atoms with Crippen LogP contribution in [0, 0.1) is 0 Å². The average molecular weight is 419 g/mol. The number of urea groups is 1. The van der Waals surface area contributed by atoms with Crippen LogP contribution in [0.4, 0.5) is 10.5 Å². The standard InChI is InChI=1S/C19H19ClN4OS2/c20-15-2-1-3-16(10-15)22-19(25)24-7-5-23(6-8-24)11-17-13-27-18(21-17)14-4-9-26-12-14/h1-4,9-10,12-13H,5-8,11H2,(H,22,25). The molecule has 5 nitrogen and oxygen atoms in total. The van der Waals surface area contributed by atoms with Gasteiger partial charge in [-0.05, 0) is 29.6 Å². The second kappa shape index (κ2) is 8.39. The van der Waals surface area contributed by atoms with Gasteiger partial charge in [-0.3, -0.25) is 4.90 Å². The van der Waals surface area contributed by atoms with Crippen LogP contribution in [0.25, 0.3) is 10.6 Å². The van der Waals surface area contributed by atoms with Gasteiger partial charge in [0.2, 0.25) is 0 Å². The first-order valence-corrected chi connectivity index (χ1v) is 10.9. The zero-order chi connectivity index (χ0) is 18.6. The Hall–Kier alpha value is -1.93. The highest BCUT2D eigenvalue weighted by atomic mass is 35.5. The summed E-state index contributed by atoms with van der Waals surface area (Å²) in [6.45, 7) is 3.91. The number of benzene rings is 1. The Morgan fingerprint density at radius 2 is 2.04 bits per heavy atom. The molecule has 1 saturated heterocycles. The number of thiazole rings is 1. The van der Waals surface area contributed by atoms with Crippen molar-refractivity contribution in [1.29, 1.82) is 0 Å². The highest BCUT2D eigenvalue weighted by Gasteiger charge is 2.22. The molecule has 0 unspecified atom stereocenters. The van der Waals surface area contributed by atoms with Gasteiger partial charge in [0, 0.05) is 59.8 Å². The Bertz CT molecular complexity index is 904. The van der Waals surface area contributed by atoms with E-state index in [0.29, 0.717) is 18.1 Å². The van der Waals surface area contributed by atoms with E-state index in [1.807, 2.05) is 17.0 Å². The number of hydrogen-bond acceptors (Lipinski definition) is 5. The Labute approximate surface area is 171 Å². The lowest BCUT2D eigenvalue weighted by atomic mass is 10.3. The third-order valence-electron chi connectivity index (χ3n) is 4.44. The average Bonchev–Trinajstić information content (AvgIpc) is 3.34. The van der Waals surface area contributed by atoms with Crippen LogP contribution < -0.4 is 5.32 Å². The molecule has 8 heteroatoms. The smallest absolute Gasteiger partial charge is 0.321 e. The molecule has 3 aromatic rings. The Morgan fingerprint density at radius 1 is 1.19 bits per heavy atom. The van der Waals surface area contributed by atoms with Crippen molar-refractivity contribution in [3.8, 4) is 10.6 Å². The lowest BCUT2D eigenvalue weighted by Gasteiger charge is -2.34. The molecular weight excluding hydrogens is 400 g/mol. The number of aromatic nitrogens is 1. The molecule has 27 heavy (non-hydrogen) atoms. The SMILES string of the molecule is O=C(Nc1cccc(Cl)c1)N1CCN(Cc2csc(-c3ccsc3)n2)CC1. The van der Waals surface area contributed by atoms with Gasteiger partial charge in [-0.2, -0.15) is 11.3 Å². The van der Waals surface area contributed by atoms with Gasteiger partial charge >= 0.3 is 6.03 Å². The summed E-state index contributed by atoms with van der Waals surface area (Å²) in [4.78, 5) is 21.4. The van der Waals surface area contributed by atoms with E-state index in [4.69, 9.17) is 16.6 Å². The normalized spacial score (nSPS) is 15.1. The third kappa shape index (κ3) is 4.68. The monoisotopic (exact) mass is 418 g/mol. The number of thiophene rings is 1. The van der Waals surface area contributed by atoms with Gasteiger partial charge in [0.05, 0.1) is 5.69 Å². The van der Waals surface area contributed by atoms with Gasteiger partial charge < -0.3 is 10.2 Å². The molecule has 0 radical (unpaired) electrons. The minimum absolute atomic E-state index is 0.0784. The predicted octanol–water partition coefficient (Wildman–Crippen LogP) is 4.87. The predicted molar refractivity (Wildman–Crippen MR) is 113 cm³/mol. The first-order chi connectivity index (χ1) is 13.2. The summed E-state index contributed by atoms with van der Waals surface area (Å²) in [6, 6.07) is 9.23. The number of carbonyl (C=O) groups is 1. The van der Waals surface area contributed by atoms with Crippen LogP contribution in [-0.4, -0.2) is 47.0 Å². The number of amides is 2. The maximum Gasteiger partial charge on any atom is 0.321 e. The van der Waals surface area contributed by atoms with Crippen molar-refractivity contribution in [1.82, 2.24) is 14.8 Å². The van der Waals surface area contributed by atoms with E-state index in [2.05, 4.69) is 32.4 Å². The number of nitrogens with one attached hydrogen (secondary N) is 1. The fourth-order valence-electron chi connectivity index (χ4n) is 3.01. The number of piperazine rings is 1. The van der Waals surface area contributed by atoms with Gasteiger partial charge in [0.1, 0.15) is 5.01 Å². The maximum atomic E-state index is 12.4. The van der Waals surface area contributed by atoms with Crippen molar-refractivity contribution in [2.75, 3.05) is 31.5 Å². The first-order valence-electron chi connectivity index (χ1n) is 8.68. The van der Waals surface area contributed by atoms with E-state index < -0.39 is 0 Å². The molecule has 1 aliphatic heterocycles. The highest BCUT2D eigenvalue weighted by molar-refractivity contribution is 7.14. The molecule has 4 rings (SSSR count). The van der Waals surface area contributed by atoms with Gasteiger partial charge in [-0.15, -0.1) is 11.3 Å². The zero-order valence-electron chi connectivity index (χ0n) is 14.6. The molecule has 0 bridgehead atoms. The van der Waals surface area contributed by atoms with E-state index in [1.165, 1.54) is 5.56 Å². The van der Waals surface area contributed by atoms with Crippen molar-refractivity contribution in [3.63, 3.8) is 0 Å². The molecule has 1 fully saturated rings. The van der Waals surface area contributed by atoms with E-state index in [1.54, 1.807) is 34.8 Å². The quantitative estimate of drug-likeness (QED) is 0.657. The van der Waals surface area contributed by atoms with Gasteiger partial charge in [0.25, 0.3) is 0 Å². The Morgan fingerprint density at radius 3 is 2.78 bits per heavy atom. The van der Waals surface area contributed by atoms with Crippen LogP contribution >= 0.6 is 34.3 Å². The minimum atomic E-state index is -0.0784. The van der Waals surface area contributed by atoms with Gasteiger partial charge in [0.15, 0.2) is 0 Å².